The molecule has 1 aliphatic carbocycles. The maximum Gasteiger partial charge on any atom is 0.123 e. The lowest BCUT2D eigenvalue weighted by atomic mass is 9.82. The summed E-state index contributed by atoms with van der Waals surface area (Å²) in [5.74, 6) is 1.94. The lowest BCUT2D eigenvalue weighted by Crippen LogP contribution is -2.34. The van der Waals surface area contributed by atoms with Gasteiger partial charge in [0.25, 0.3) is 0 Å². The van der Waals surface area contributed by atoms with E-state index < -0.39 is 0 Å². The van der Waals surface area contributed by atoms with Crippen LogP contribution < -0.4 is 0 Å². The summed E-state index contributed by atoms with van der Waals surface area (Å²) in [5, 5.41) is 0. The van der Waals surface area contributed by atoms with E-state index in [4.69, 9.17) is 0 Å². The molecule has 1 fully saturated rings. The van der Waals surface area contributed by atoms with Crippen molar-refractivity contribution < 1.29 is 4.79 Å². The van der Waals surface area contributed by atoms with E-state index in [1.807, 2.05) is 0 Å². The molecule has 0 saturated heterocycles. The predicted octanol–water partition coefficient (Wildman–Crippen LogP) is 2.97. The van der Waals surface area contributed by atoms with Crippen LogP contribution >= 0.6 is 0 Å². The topological polar surface area (TPSA) is 20.3 Å². The van der Waals surface area contributed by atoms with Gasteiger partial charge in [0.2, 0.25) is 0 Å². The first kappa shape index (κ1) is 13.7. The van der Waals surface area contributed by atoms with Gasteiger partial charge in [-0.05, 0) is 44.1 Å². The minimum atomic E-state index is 0.358. The number of carbonyl (C=O) groups excluding carboxylic acids is 1. The Labute approximate surface area is 100 Å². The average Bonchev–Trinajstić information content (AvgIpc) is 2.28. The van der Waals surface area contributed by atoms with Crippen LogP contribution in [0.2, 0.25) is 0 Å². The molecule has 2 heteroatoms. The van der Waals surface area contributed by atoms with Crippen molar-refractivity contribution in [2.24, 2.45) is 17.8 Å². The molecule has 1 aliphatic rings. The van der Waals surface area contributed by atoms with Crippen LogP contribution in [-0.4, -0.2) is 30.8 Å². The maximum absolute atomic E-state index is 10.7. The fraction of sp³-hybridized carbons (Fsp3) is 0.929. The molecular formula is C14H27NO. The molecule has 0 heterocycles. The highest BCUT2D eigenvalue weighted by molar-refractivity contribution is 5.53. The lowest BCUT2D eigenvalue weighted by molar-refractivity contribution is -0.112. The second kappa shape index (κ2) is 7.05. The van der Waals surface area contributed by atoms with Gasteiger partial charge in [-0.1, -0.05) is 20.8 Å². The molecule has 0 N–H and O–H groups in total. The predicted molar refractivity (Wildman–Crippen MR) is 68.5 cm³/mol. The van der Waals surface area contributed by atoms with Crippen molar-refractivity contribution in [1.29, 1.82) is 0 Å². The summed E-state index contributed by atoms with van der Waals surface area (Å²) in [6, 6.07) is 0. The zero-order chi connectivity index (χ0) is 12.0. The van der Waals surface area contributed by atoms with Crippen molar-refractivity contribution in [3.05, 3.63) is 0 Å². The fourth-order valence-corrected chi connectivity index (χ4v) is 2.72. The molecule has 16 heavy (non-hydrogen) atoms. The highest BCUT2D eigenvalue weighted by Gasteiger charge is 2.22. The van der Waals surface area contributed by atoms with Gasteiger partial charge >= 0.3 is 0 Å². The van der Waals surface area contributed by atoms with Crippen molar-refractivity contribution in [1.82, 2.24) is 4.90 Å². The van der Waals surface area contributed by atoms with Crippen molar-refractivity contribution in [3.63, 3.8) is 0 Å². The third-order valence-electron chi connectivity index (χ3n) is 3.67. The van der Waals surface area contributed by atoms with E-state index in [1.54, 1.807) is 0 Å². The monoisotopic (exact) mass is 225 g/mol. The molecule has 0 amide bonds. The number of hydrogen-bond donors (Lipinski definition) is 0. The molecule has 0 bridgehead atoms. The SMILES string of the molecule is CCN(CC(C)C)CC1CCC(C=O)CC1. The molecule has 0 aromatic heterocycles. The molecule has 0 aliphatic heterocycles. The Balaban J connectivity index is 2.28. The number of carbonyl (C=O) groups is 1. The Kier molecular flexibility index (Phi) is 6.04. The second-order valence-corrected chi connectivity index (χ2v) is 5.66. The van der Waals surface area contributed by atoms with Crippen LogP contribution in [0.25, 0.3) is 0 Å². The number of aldehydes is 1. The third-order valence-corrected chi connectivity index (χ3v) is 3.67. The van der Waals surface area contributed by atoms with Gasteiger partial charge < -0.3 is 9.69 Å². The van der Waals surface area contributed by atoms with Gasteiger partial charge in [-0.15, -0.1) is 0 Å². The summed E-state index contributed by atoms with van der Waals surface area (Å²) in [7, 11) is 0. The van der Waals surface area contributed by atoms with Gasteiger partial charge in [-0.25, -0.2) is 0 Å². The normalized spacial score (nSPS) is 26.3. The highest BCUT2D eigenvalue weighted by atomic mass is 16.1. The van der Waals surface area contributed by atoms with E-state index in [0.717, 1.165) is 37.5 Å². The first-order chi connectivity index (χ1) is 7.65. The van der Waals surface area contributed by atoms with Crippen LogP contribution in [0.5, 0.6) is 0 Å². The van der Waals surface area contributed by atoms with Gasteiger partial charge in [0, 0.05) is 19.0 Å². The van der Waals surface area contributed by atoms with Crippen molar-refractivity contribution in [2.75, 3.05) is 19.6 Å². The van der Waals surface area contributed by atoms with Gasteiger partial charge in [-0.3, -0.25) is 0 Å². The minimum Gasteiger partial charge on any atom is -0.303 e. The molecule has 2 nitrogen and oxygen atoms in total. The van der Waals surface area contributed by atoms with Crippen molar-refractivity contribution >= 4 is 6.29 Å². The molecule has 0 radical (unpaired) electrons. The van der Waals surface area contributed by atoms with E-state index in [1.165, 1.54) is 25.9 Å². The fourth-order valence-electron chi connectivity index (χ4n) is 2.72. The largest absolute Gasteiger partial charge is 0.303 e. The smallest absolute Gasteiger partial charge is 0.123 e. The molecule has 94 valence electrons. The van der Waals surface area contributed by atoms with E-state index in [2.05, 4.69) is 25.7 Å². The average molecular weight is 225 g/mol. The first-order valence-corrected chi connectivity index (χ1v) is 6.83. The van der Waals surface area contributed by atoms with Crippen LogP contribution in [-0.2, 0) is 4.79 Å². The Morgan fingerprint density at radius 1 is 1.25 bits per heavy atom. The van der Waals surface area contributed by atoms with Crippen LogP contribution in [0.3, 0.4) is 0 Å². The second-order valence-electron chi connectivity index (χ2n) is 5.66. The minimum absolute atomic E-state index is 0.358. The Hall–Kier alpha value is -0.370. The van der Waals surface area contributed by atoms with E-state index in [-0.39, 0.29) is 0 Å². The van der Waals surface area contributed by atoms with E-state index >= 15 is 0 Å². The molecule has 1 rings (SSSR count). The van der Waals surface area contributed by atoms with Crippen molar-refractivity contribution in [2.45, 2.75) is 46.5 Å². The molecule has 0 aromatic rings. The maximum atomic E-state index is 10.7. The number of rotatable bonds is 6. The zero-order valence-corrected chi connectivity index (χ0v) is 11.1. The Bertz CT molecular complexity index is 195. The van der Waals surface area contributed by atoms with Gasteiger partial charge in [-0.2, -0.15) is 0 Å². The van der Waals surface area contributed by atoms with E-state index in [9.17, 15) is 4.79 Å². The summed E-state index contributed by atoms with van der Waals surface area (Å²) in [6.07, 6.45) is 5.89. The zero-order valence-electron chi connectivity index (χ0n) is 11.1. The van der Waals surface area contributed by atoms with Crippen LogP contribution in [0.1, 0.15) is 46.5 Å². The first-order valence-electron chi connectivity index (χ1n) is 6.83. The lowest BCUT2D eigenvalue weighted by Gasteiger charge is -2.31. The van der Waals surface area contributed by atoms with Gasteiger partial charge in [0.15, 0.2) is 0 Å². The third kappa shape index (κ3) is 4.65. The summed E-state index contributed by atoms with van der Waals surface area (Å²) in [5.41, 5.74) is 0. The molecular weight excluding hydrogens is 198 g/mol. The number of hydrogen-bond acceptors (Lipinski definition) is 2. The molecule has 0 spiro atoms. The Morgan fingerprint density at radius 2 is 1.88 bits per heavy atom. The summed E-state index contributed by atoms with van der Waals surface area (Å²) < 4.78 is 0. The molecule has 0 aromatic carbocycles. The molecule has 1 saturated carbocycles. The molecule has 0 unspecified atom stereocenters. The highest BCUT2D eigenvalue weighted by Crippen LogP contribution is 2.28. The van der Waals surface area contributed by atoms with Gasteiger partial charge in [0.05, 0.1) is 0 Å². The van der Waals surface area contributed by atoms with E-state index in [0.29, 0.717) is 5.92 Å². The Morgan fingerprint density at radius 3 is 2.31 bits per heavy atom. The number of nitrogens with zero attached hydrogens (tertiary/aromatic N) is 1. The van der Waals surface area contributed by atoms with Crippen LogP contribution in [0.15, 0.2) is 0 Å². The standard InChI is InChI=1S/C14H27NO/c1-4-15(9-12(2)3)10-13-5-7-14(11-16)8-6-13/h11-14H,4-10H2,1-3H3. The van der Waals surface area contributed by atoms with Crippen molar-refractivity contribution in [3.8, 4) is 0 Å². The summed E-state index contributed by atoms with van der Waals surface area (Å²) in [4.78, 5) is 13.2. The van der Waals surface area contributed by atoms with Crippen LogP contribution in [0, 0.1) is 17.8 Å². The van der Waals surface area contributed by atoms with Gasteiger partial charge in [0.1, 0.15) is 6.29 Å². The van der Waals surface area contributed by atoms with Crippen LogP contribution in [0.4, 0.5) is 0 Å². The summed E-state index contributed by atoms with van der Waals surface area (Å²) in [6.45, 7) is 10.4. The molecule has 0 atom stereocenters. The summed E-state index contributed by atoms with van der Waals surface area (Å²) >= 11 is 0. The quantitative estimate of drug-likeness (QED) is 0.648.